The van der Waals surface area contributed by atoms with Gasteiger partial charge in [0.25, 0.3) is 5.69 Å². The minimum absolute atomic E-state index is 0.0999. The molecule has 0 radical (unpaired) electrons. The average molecular weight is 293 g/mol. The summed E-state index contributed by atoms with van der Waals surface area (Å²) in [4.78, 5) is 14.8. The lowest BCUT2D eigenvalue weighted by Gasteiger charge is -2.06. The summed E-state index contributed by atoms with van der Waals surface area (Å²) in [5.41, 5.74) is 1.53. The number of nitrogens with one attached hydrogen (secondary N) is 1. The van der Waals surface area contributed by atoms with Gasteiger partial charge in [0.05, 0.1) is 4.92 Å². The fourth-order valence-corrected chi connectivity index (χ4v) is 2.55. The Bertz CT molecular complexity index is 614. The lowest BCUT2D eigenvalue weighted by atomic mass is 10.2. The van der Waals surface area contributed by atoms with E-state index >= 15 is 0 Å². The Morgan fingerprint density at radius 2 is 2.30 bits per heavy atom. The third kappa shape index (κ3) is 3.27. The van der Waals surface area contributed by atoms with Gasteiger partial charge in [-0.2, -0.15) is 5.10 Å². The van der Waals surface area contributed by atoms with Crippen LogP contribution in [0.5, 0.6) is 0 Å². The van der Waals surface area contributed by atoms with E-state index in [1.807, 2.05) is 20.0 Å². The van der Waals surface area contributed by atoms with Crippen LogP contribution in [0.25, 0.3) is 0 Å². The van der Waals surface area contributed by atoms with Crippen molar-refractivity contribution in [3.05, 3.63) is 40.2 Å². The third-order valence-electron chi connectivity index (χ3n) is 2.66. The van der Waals surface area contributed by atoms with E-state index in [2.05, 4.69) is 15.4 Å². The molecule has 0 spiro atoms. The van der Waals surface area contributed by atoms with Gasteiger partial charge in [-0.3, -0.25) is 10.1 Å². The Kier molecular flexibility index (Phi) is 4.57. The monoisotopic (exact) mass is 293 g/mol. The van der Waals surface area contributed by atoms with Crippen molar-refractivity contribution in [3.8, 4) is 0 Å². The average Bonchev–Trinajstić information content (AvgIpc) is 2.83. The van der Waals surface area contributed by atoms with E-state index in [4.69, 9.17) is 0 Å². The second-order valence-electron chi connectivity index (χ2n) is 4.09. The van der Waals surface area contributed by atoms with E-state index in [1.165, 1.54) is 18.1 Å². The van der Waals surface area contributed by atoms with Crippen LogP contribution in [0.2, 0.25) is 0 Å². The molecule has 0 aliphatic heterocycles. The predicted molar refractivity (Wildman–Crippen MR) is 77.8 cm³/mol. The molecule has 1 heterocycles. The maximum Gasteiger partial charge on any atom is 0.292 e. The number of benzene rings is 1. The molecule has 7 nitrogen and oxygen atoms in total. The Morgan fingerprint density at radius 3 is 2.90 bits per heavy atom. The van der Waals surface area contributed by atoms with E-state index < -0.39 is 0 Å². The highest BCUT2D eigenvalue weighted by atomic mass is 32.2. The lowest BCUT2D eigenvalue weighted by molar-refractivity contribution is -0.384. The molecule has 0 saturated carbocycles. The number of nitro groups is 1. The minimum Gasteiger partial charge on any atom is -0.380 e. The molecule has 0 fully saturated rings. The number of thioether (sulfide) groups is 1. The molecule has 0 bridgehead atoms. The van der Waals surface area contributed by atoms with Gasteiger partial charge in [-0.1, -0.05) is 17.8 Å². The zero-order valence-corrected chi connectivity index (χ0v) is 12.1. The molecule has 1 aromatic carbocycles. The summed E-state index contributed by atoms with van der Waals surface area (Å²) in [5, 5.41) is 18.8. The second-order valence-corrected chi connectivity index (χ2v) is 5.04. The van der Waals surface area contributed by atoms with Crippen LogP contribution in [0.3, 0.4) is 0 Å². The maximum atomic E-state index is 11.1. The quantitative estimate of drug-likeness (QED) is 0.500. The van der Waals surface area contributed by atoms with Gasteiger partial charge in [0, 0.05) is 25.4 Å². The van der Waals surface area contributed by atoms with Gasteiger partial charge in [-0.05, 0) is 18.6 Å². The number of nitro benzene ring substituents is 1. The molecule has 0 unspecified atom stereocenters. The highest BCUT2D eigenvalue weighted by molar-refractivity contribution is 7.98. The smallest absolute Gasteiger partial charge is 0.292 e. The molecule has 1 aromatic heterocycles. The zero-order valence-electron chi connectivity index (χ0n) is 11.2. The van der Waals surface area contributed by atoms with Gasteiger partial charge in [0.2, 0.25) is 0 Å². The Labute approximate surface area is 120 Å². The number of aryl methyl sites for hydroxylation is 1. The lowest BCUT2D eigenvalue weighted by Crippen LogP contribution is -2.01. The van der Waals surface area contributed by atoms with Crippen LogP contribution in [-0.2, 0) is 12.8 Å². The van der Waals surface area contributed by atoms with Crippen molar-refractivity contribution in [2.45, 2.75) is 17.8 Å². The first kappa shape index (κ1) is 14.3. The van der Waals surface area contributed by atoms with E-state index in [0.29, 0.717) is 18.0 Å². The van der Waals surface area contributed by atoms with Gasteiger partial charge < -0.3 is 5.32 Å². The minimum atomic E-state index is -0.367. The normalized spacial score (nSPS) is 10.5. The molecule has 8 heteroatoms. The molecule has 20 heavy (non-hydrogen) atoms. The Balaban J connectivity index is 2.14. The molecule has 0 atom stereocenters. The van der Waals surface area contributed by atoms with E-state index in [-0.39, 0.29) is 10.6 Å². The van der Waals surface area contributed by atoms with Gasteiger partial charge >= 0.3 is 0 Å². The summed E-state index contributed by atoms with van der Waals surface area (Å²) in [7, 11) is 1.81. The fraction of sp³-hybridized carbons (Fsp3) is 0.333. The van der Waals surface area contributed by atoms with Crippen LogP contribution in [0, 0.1) is 10.1 Å². The number of nitrogens with zero attached hydrogens (tertiary/aromatic N) is 4. The Morgan fingerprint density at radius 1 is 1.50 bits per heavy atom. The molecule has 2 aromatic rings. The van der Waals surface area contributed by atoms with E-state index in [0.717, 1.165) is 10.7 Å². The van der Waals surface area contributed by atoms with E-state index in [1.54, 1.807) is 16.8 Å². The topological polar surface area (TPSA) is 85.9 Å². The van der Waals surface area contributed by atoms with Gasteiger partial charge in [-0.15, -0.1) is 0 Å². The molecule has 0 aliphatic carbocycles. The van der Waals surface area contributed by atoms with Crippen LogP contribution in [0.1, 0.15) is 12.5 Å². The van der Waals surface area contributed by atoms with E-state index in [9.17, 15) is 10.1 Å². The standard InChI is InChI=1S/C12H15N5O2S/c1-3-13-10-5-4-9(6-11(10)17(18)19)7-20-12-14-8-15-16(12)2/h4-6,8,13H,3,7H2,1-2H3. The zero-order chi connectivity index (χ0) is 14.5. The first-order chi connectivity index (χ1) is 9.61. The molecule has 2 rings (SSSR count). The van der Waals surface area contributed by atoms with Crippen molar-refractivity contribution in [2.75, 3.05) is 11.9 Å². The summed E-state index contributed by atoms with van der Waals surface area (Å²) in [6, 6.07) is 5.23. The summed E-state index contributed by atoms with van der Waals surface area (Å²) in [6.07, 6.45) is 1.49. The number of aromatic nitrogens is 3. The first-order valence-electron chi connectivity index (χ1n) is 6.09. The van der Waals surface area contributed by atoms with Crippen LogP contribution < -0.4 is 5.32 Å². The molecular weight excluding hydrogens is 278 g/mol. The van der Waals surface area contributed by atoms with Crippen molar-refractivity contribution < 1.29 is 4.92 Å². The van der Waals surface area contributed by atoms with Gasteiger partial charge in [0.15, 0.2) is 5.16 Å². The summed E-state index contributed by atoms with van der Waals surface area (Å²) >= 11 is 1.49. The fourth-order valence-electron chi connectivity index (χ4n) is 1.72. The van der Waals surface area contributed by atoms with Crippen molar-refractivity contribution in [2.24, 2.45) is 7.05 Å². The highest BCUT2D eigenvalue weighted by Crippen LogP contribution is 2.28. The highest BCUT2D eigenvalue weighted by Gasteiger charge is 2.14. The maximum absolute atomic E-state index is 11.1. The third-order valence-corrected chi connectivity index (χ3v) is 3.77. The summed E-state index contributed by atoms with van der Waals surface area (Å²) < 4.78 is 1.67. The molecule has 0 aliphatic rings. The largest absolute Gasteiger partial charge is 0.380 e. The predicted octanol–water partition coefficient (Wildman–Crippen LogP) is 2.45. The van der Waals surface area contributed by atoms with Gasteiger partial charge in [0.1, 0.15) is 12.0 Å². The number of hydrogen-bond acceptors (Lipinski definition) is 6. The number of rotatable bonds is 6. The number of anilines is 1. The molecule has 1 N–H and O–H groups in total. The number of hydrogen-bond donors (Lipinski definition) is 1. The van der Waals surface area contributed by atoms with Crippen LogP contribution >= 0.6 is 11.8 Å². The van der Waals surface area contributed by atoms with Gasteiger partial charge in [-0.25, -0.2) is 9.67 Å². The van der Waals surface area contributed by atoms with Crippen molar-refractivity contribution in [1.82, 2.24) is 14.8 Å². The summed E-state index contributed by atoms with van der Waals surface area (Å²) in [5.74, 6) is 0.611. The van der Waals surface area contributed by atoms with Crippen LogP contribution in [0.4, 0.5) is 11.4 Å². The molecule has 0 amide bonds. The SMILES string of the molecule is CCNc1ccc(CSc2ncnn2C)cc1[N+](=O)[O-]. The molecule has 0 saturated heterocycles. The van der Waals surface area contributed by atoms with Crippen molar-refractivity contribution in [1.29, 1.82) is 0 Å². The Hall–Kier alpha value is -2.09. The summed E-state index contributed by atoms with van der Waals surface area (Å²) in [6.45, 7) is 2.55. The van der Waals surface area contributed by atoms with Crippen molar-refractivity contribution >= 4 is 23.1 Å². The van der Waals surface area contributed by atoms with Crippen molar-refractivity contribution in [3.63, 3.8) is 0 Å². The molecule has 106 valence electrons. The second kappa shape index (κ2) is 6.38. The van der Waals surface area contributed by atoms with Crippen LogP contribution in [-0.4, -0.2) is 26.2 Å². The van der Waals surface area contributed by atoms with Crippen LogP contribution in [0.15, 0.2) is 29.7 Å². The molecular formula is C12H15N5O2S. The first-order valence-corrected chi connectivity index (χ1v) is 7.08.